The first-order valence-corrected chi connectivity index (χ1v) is 8.22. The third-order valence-electron chi connectivity index (χ3n) is 3.42. The molecule has 3 nitrogen and oxygen atoms in total. The molecule has 0 spiro atoms. The van der Waals surface area contributed by atoms with Crippen LogP contribution >= 0.6 is 22.9 Å². The van der Waals surface area contributed by atoms with E-state index in [1.165, 1.54) is 16.9 Å². The number of aromatic nitrogens is 1. The minimum absolute atomic E-state index is 0.270. The Hall–Kier alpha value is -1.91. The Balaban J connectivity index is 2.14. The fourth-order valence-electron chi connectivity index (χ4n) is 2.34. The number of aryl methyl sites for hydroxylation is 2. The van der Waals surface area contributed by atoms with Crippen molar-refractivity contribution in [3.05, 3.63) is 63.4 Å². The molecule has 0 aliphatic rings. The van der Waals surface area contributed by atoms with Crippen molar-refractivity contribution < 1.29 is 4.79 Å². The predicted molar refractivity (Wildman–Crippen MR) is 91.6 cm³/mol. The number of nitrogens with zero attached hydrogens (tertiary/aromatic N) is 2. The van der Waals surface area contributed by atoms with E-state index < -0.39 is 0 Å². The Morgan fingerprint density at radius 2 is 2.09 bits per heavy atom. The van der Waals surface area contributed by atoms with Crippen LogP contribution in [0.15, 0.2) is 47.5 Å². The zero-order valence-corrected chi connectivity index (χ0v) is 13.9. The highest BCUT2D eigenvalue weighted by molar-refractivity contribution is 7.16. The number of carbonyl (C=O) groups is 1. The van der Waals surface area contributed by atoms with E-state index in [0.29, 0.717) is 15.4 Å². The zero-order valence-electron chi connectivity index (χ0n) is 12.3. The Bertz CT molecular complexity index is 924. The molecule has 1 heterocycles. The molecule has 112 valence electrons. The minimum Gasteiger partial charge on any atom is -0.317 e. The van der Waals surface area contributed by atoms with Crippen LogP contribution in [0.2, 0.25) is 5.02 Å². The SMILES string of the molecule is CCn1c(=NC(=O)c2cccc(Cl)c2)sc2cc(C)ccc21. The average Bonchev–Trinajstić information content (AvgIpc) is 2.83. The zero-order chi connectivity index (χ0) is 15.7. The predicted octanol–water partition coefficient (Wildman–Crippen LogP) is 4.43. The van der Waals surface area contributed by atoms with Crippen LogP contribution in [-0.4, -0.2) is 10.5 Å². The summed E-state index contributed by atoms with van der Waals surface area (Å²) in [6.45, 7) is 4.88. The molecule has 1 amide bonds. The van der Waals surface area contributed by atoms with Gasteiger partial charge in [0.15, 0.2) is 4.80 Å². The van der Waals surface area contributed by atoms with Gasteiger partial charge in [-0.1, -0.05) is 35.1 Å². The topological polar surface area (TPSA) is 34.4 Å². The number of fused-ring (bicyclic) bond motifs is 1. The van der Waals surface area contributed by atoms with Gasteiger partial charge in [-0.25, -0.2) is 0 Å². The van der Waals surface area contributed by atoms with Crippen molar-refractivity contribution in [3.8, 4) is 0 Å². The van der Waals surface area contributed by atoms with Crippen molar-refractivity contribution in [2.45, 2.75) is 20.4 Å². The van der Waals surface area contributed by atoms with Gasteiger partial charge in [0, 0.05) is 17.1 Å². The lowest BCUT2D eigenvalue weighted by molar-refractivity contribution is 0.0998. The molecule has 0 aliphatic carbocycles. The number of halogens is 1. The number of hydrogen-bond donors (Lipinski definition) is 0. The molecule has 0 bridgehead atoms. The van der Waals surface area contributed by atoms with Crippen LogP contribution in [0, 0.1) is 6.92 Å². The summed E-state index contributed by atoms with van der Waals surface area (Å²) in [5.41, 5.74) is 2.81. The average molecular weight is 331 g/mol. The molecule has 3 rings (SSSR count). The summed E-state index contributed by atoms with van der Waals surface area (Å²) in [4.78, 5) is 17.4. The van der Waals surface area contributed by atoms with Gasteiger partial charge in [-0.2, -0.15) is 4.99 Å². The molecule has 0 unspecified atom stereocenters. The van der Waals surface area contributed by atoms with Gasteiger partial charge >= 0.3 is 0 Å². The van der Waals surface area contributed by atoms with E-state index in [0.717, 1.165) is 16.8 Å². The van der Waals surface area contributed by atoms with Gasteiger partial charge in [0.1, 0.15) is 0 Å². The van der Waals surface area contributed by atoms with Crippen molar-refractivity contribution in [1.29, 1.82) is 0 Å². The summed E-state index contributed by atoms with van der Waals surface area (Å²) < 4.78 is 3.20. The maximum absolute atomic E-state index is 12.3. The van der Waals surface area contributed by atoms with Gasteiger partial charge in [0.25, 0.3) is 5.91 Å². The van der Waals surface area contributed by atoms with Crippen molar-refractivity contribution >= 4 is 39.1 Å². The van der Waals surface area contributed by atoms with Crippen molar-refractivity contribution in [1.82, 2.24) is 4.57 Å². The van der Waals surface area contributed by atoms with Gasteiger partial charge in [-0.3, -0.25) is 4.79 Å². The van der Waals surface area contributed by atoms with Crippen LogP contribution in [0.5, 0.6) is 0 Å². The van der Waals surface area contributed by atoms with E-state index in [-0.39, 0.29) is 5.91 Å². The van der Waals surface area contributed by atoms with Gasteiger partial charge in [0.05, 0.1) is 10.2 Å². The second-order valence-corrected chi connectivity index (χ2v) is 6.47. The smallest absolute Gasteiger partial charge is 0.279 e. The summed E-state index contributed by atoms with van der Waals surface area (Å²) in [7, 11) is 0. The molecule has 2 aromatic carbocycles. The lowest BCUT2D eigenvalue weighted by atomic mass is 10.2. The molecule has 1 aromatic heterocycles. The Morgan fingerprint density at radius 1 is 1.27 bits per heavy atom. The third-order valence-corrected chi connectivity index (χ3v) is 4.70. The summed E-state index contributed by atoms with van der Waals surface area (Å²) >= 11 is 7.47. The van der Waals surface area contributed by atoms with Crippen LogP contribution in [0.4, 0.5) is 0 Å². The number of rotatable bonds is 2. The molecule has 0 fully saturated rings. The molecule has 3 aromatic rings. The van der Waals surface area contributed by atoms with Crippen molar-refractivity contribution in [3.63, 3.8) is 0 Å². The quantitative estimate of drug-likeness (QED) is 0.684. The summed E-state index contributed by atoms with van der Waals surface area (Å²) in [5, 5.41) is 0.538. The molecule has 0 saturated carbocycles. The summed E-state index contributed by atoms with van der Waals surface area (Å²) in [6, 6.07) is 13.1. The second kappa shape index (κ2) is 6.07. The van der Waals surface area contributed by atoms with Crippen LogP contribution in [0.1, 0.15) is 22.8 Å². The fraction of sp³-hybridized carbons (Fsp3) is 0.176. The molecular weight excluding hydrogens is 316 g/mol. The Kier molecular flexibility index (Phi) is 4.14. The standard InChI is InChI=1S/C17H15ClN2OS/c1-3-20-14-8-7-11(2)9-15(14)22-17(20)19-16(21)12-5-4-6-13(18)10-12/h4-10H,3H2,1-2H3. The van der Waals surface area contributed by atoms with Crippen molar-refractivity contribution in [2.24, 2.45) is 4.99 Å². The number of carbonyl (C=O) groups excluding carboxylic acids is 1. The molecule has 0 radical (unpaired) electrons. The van der Waals surface area contributed by atoms with Crippen molar-refractivity contribution in [2.75, 3.05) is 0 Å². The number of benzene rings is 2. The maximum atomic E-state index is 12.3. The molecule has 0 atom stereocenters. The normalized spacial score (nSPS) is 12.0. The molecule has 5 heteroatoms. The second-order valence-electron chi connectivity index (χ2n) is 5.03. The first kappa shape index (κ1) is 15.0. The van der Waals surface area contributed by atoms with Gasteiger partial charge in [-0.15, -0.1) is 0 Å². The Labute approximate surface area is 137 Å². The summed E-state index contributed by atoms with van der Waals surface area (Å²) in [6.07, 6.45) is 0. The lowest BCUT2D eigenvalue weighted by Gasteiger charge is -2.00. The lowest BCUT2D eigenvalue weighted by Crippen LogP contribution is -2.15. The first-order chi connectivity index (χ1) is 10.6. The molecule has 0 aliphatic heterocycles. The number of amides is 1. The van der Waals surface area contributed by atoms with Gasteiger partial charge in [-0.05, 0) is 49.7 Å². The summed E-state index contributed by atoms with van der Waals surface area (Å²) in [5.74, 6) is -0.270. The molecule has 22 heavy (non-hydrogen) atoms. The highest BCUT2D eigenvalue weighted by Crippen LogP contribution is 2.19. The van der Waals surface area contributed by atoms with Gasteiger partial charge < -0.3 is 4.57 Å². The van der Waals surface area contributed by atoms with E-state index in [9.17, 15) is 4.79 Å². The molecular formula is C17H15ClN2OS. The third kappa shape index (κ3) is 2.85. The van der Waals surface area contributed by atoms with E-state index in [2.05, 4.69) is 41.6 Å². The maximum Gasteiger partial charge on any atom is 0.279 e. The minimum atomic E-state index is -0.270. The van der Waals surface area contributed by atoms with Crippen LogP contribution in [0.25, 0.3) is 10.2 Å². The highest BCUT2D eigenvalue weighted by atomic mass is 35.5. The van der Waals surface area contributed by atoms with Crippen LogP contribution in [-0.2, 0) is 6.54 Å². The van der Waals surface area contributed by atoms with E-state index >= 15 is 0 Å². The first-order valence-electron chi connectivity index (χ1n) is 7.03. The number of hydrogen-bond acceptors (Lipinski definition) is 2. The van der Waals surface area contributed by atoms with E-state index in [1.807, 2.05) is 0 Å². The molecule has 0 saturated heterocycles. The van der Waals surface area contributed by atoms with E-state index in [4.69, 9.17) is 11.6 Å². The highest BCUT2D eigenvalue weighted by Gasteiger charge is 2.08. The Morgan fingerprint density at radius 3 is 2.82 bits per heavy atom. The van der Waals surface area contributed by atoms with Crippen LogP contribution in [0.3, 0.4) is 0 Å². The molecule has 0 N–H and O–H groups in total. The fourth-order valence-corrected chi connectivity index (χ4v) is 3.73. The van der Waals surface area contributed by atoms with Gasteiger partial charge in [0.2, 0.25) is 0 Å². The monoisotopic (exact) mass is 330 g/mol. The largest absolute Gasteiger partial charge is 0.317 e. The van der Waals surface area contributed by atoms with E-state index in [1.54, 1.807) is 24.3 Å². The number of thiazole rings is 1. The van der Waals surface area contributed by atoms with Crippen LogP contribution < -0.4 is 4.80 Å².